The van der Waals surface area contributed by atoms with E-state index in [1.165, 1.54) is 6.92 Å². The SMILES string of the molecule is CC(O)(O)CCC(=O)NC1CCOCC1. The molecule has 1 saturated heterocycles. The van der Waals surface area contributed by atoms with Gasteiger partial charge in [0.25, 0.3) is 0 Å². The Balaban J connectivity index is 2.17. The summed E-state index contributed by atoms with van der Waals surface area (Å²) in [7, 11) is 0. The zero-order valence-electron chi connectivity index (χ0n) is 9.03. The van der Waals surface area contributed by atoms with Crippen LogP contribution in [0.1, 0.15) is 32.6 Å². The standard InChI is InChI=1S/C10H19NO4/c1-10(13,14)5-2-9(12)11-8-3-6-15-7-4-8/h8,13-14H,2-7H2,1H3,(H,11,12). The first kappa shape index (κ1) is 12.4. The van der Waals surface area contributed by atoms with Crippen LogP contribution in [0.25, 0.3) is 0 Å². The summed E-state index contributed by atoms with van der Waals surface area (Å²) in [5, 5.41) is 20.9. The predicted octanol–water partition coefficient (Wildman–Crippen LogP) is -0.237. The van der Waals surface area contributed by atoms with Crippen molar-refractivity contribution in [3.8, 4) is 0 Å². The summed E-state index contributed by atoms with van der Waals surface area (Å²) < 4.78 is 5.16. The lowest BCUT2D eigenvalue weighted by Crippen LogP contribution is -2.39. The number of amides is 1. The maximum absolute atomic E-state index is 11.4. The number of carbonyl (C=O) groups is 1. The molecule has 0 aromatic heterocycles. The molecule has 0 saturated carbocycles. The number of carbonyl (C=O) groups excluding carboxylic acids is 1. The molecule has 0 atom stereocenters. The van der Waals surface area contributed by atoms with Crippen molar-refractivity contribution in [2.24, 2.45) is 0 Å². The smallest absolute Gasteiger partial charge is 0.220 e. The van der Waals surface area contributed by atoms with Crippen LogP contribution in [0.5, 0.6) is 0 Å². The van der Waals surface area contributed by atoms with E-state index in [9.17, 15) is 4.79 Å². The van der Waals surface area contributed by atoms with E-state index in [0.717, 1.165) is 12.8 Å². The van der Waals surface area contributed by atoms with Gasteiger partial charge in [-0.3, -0.25) is 4.79 Å². The number of aliphatic hydroxyl groups is 2. The van der Waals surface area contributed by atoms with Crippen LogP contribution in [0.4, 0.5) is 0 Å². The molecule has 1 fully saturated rings. The number of hydrogen-bond donors (Lipinski definition) is 3. The predicted molar refractivity (Wildman–Crippen MR) is 54.1 cm³/mol. The van der Waals surface area contributed by atoms with Gasteiger partial charge in [0.15, 0.2) is 5.79 Å². The second-order valence-corrected chi connectivity index (χ2v) is 4.17. The van der Waals surface area contributed by atoms with Crippen molar-refractivity contribution >= 4 is 5.91 Å². The van der Waals surface area contributed by atoms with Gasteiger partial charge in [-0.05, 0) is 19.8 Å². The molecular weight excluding hydrogens is 198 g/mol. The van der Waals surface area contributed by atoms with Gasteiger partial charge in [-0.2, -0.15) is 0 Å². The molecular formula is C10H19NO4. The van der Waals surface area contributed by atoms with Crippen LogP contribution in [-0.2, 0) is 9.53 Å². The minimum Gasteiger partial charge on any atom is -0.381 e. The van der Waals surface area contributed by atoms with Gasteiger partial charge in [-0.1, -0.05) is 0 Å². The molecule has 0 aromatic carbocycles. The summed E-state index contributed by atoms with van der Waals surface area (Å²) in [6.45, 7) is 2.64. The van der Waals surface area contributed by atoms with E-state index in [1.54, 1.807) is 0 Å². The van der Waals surface area contributed by atoms with Crippen LogP contribution in [-0.4, -0.2) is 41.2 Å². The topological polar surface area (TPSA) is 78.8 Å². The van der Waals surface area contributed by atoms with Crippen molar-refractivity contribution in [3.05, 3.63) is 0 Å². The van der Waals surface area contributed by atoms with Crippen molar-refractivity contribution in [1.29, 1.82) is 0 Å². The van der Waals surface area contributed by atoms with Gasteiger partial charge in [0.05, 0.1) is 0 Å². The zero-order chi connectivity index (χ0) is 11.3. The van der Waals surface area contributed by atoms with Crippen LogP contribution in [0.15, 0.2) is 0 Å². The monoisotopic (exact) mass is 217 g/mol. The average molecular weight is 217 g/mol. The molecule has 0 aliphatic carbocycles. The molecule has 1 rings (SSSR count). The number of rotatable bonds is 4. The highest BCUT2D eigenvalue weighted by molar-refractivity contribution is 5.76. The Hall–Kier alpha value is -0.650. The Morgan fingerprint density at radius 3 is 2.60 bits per heavy atom. The number of ether oxygens (including phenoxy) is 1. The van der Waals surface area contributed by atoms with Crippen molar-refractivity contribution in [3.63, 3.8) is 0 Å². The third-order valence-corrected chi connectivity index (χ3v) is 2.41. The molecule has 0 aromatic rings. The van der Waals surface area contributed by atoms with Gasteiger partial charge in [0.2, 0.25) is 5.91 Å². The molecule has 5 heteroatoms. The number of nitrogens with one attached hydrogen (secondary N) is 1. The molecule has 5 nitrogen and oxygen atoms in total. The molecule has 1 heterocycles. The minimum absolute atomic E-state index is 0.0576. The fraction of sp³-hybridized carbons (Fsp3) is 0.900. The summed E-state index contributed by atoms with van der Waals surface area (Å²) in [5.41, 5.74) is 0. The molecule has 1 amide bonds. The Morgan fingerprint density at radius 1 is 1.47 bits per heavy atom. The van der Waals surface area contributed by atoms with Gasteiger partial charge in [0.1, 0.15) is 0 Å². The fourth-order valence-corrected chi connectivity index (χ4v) is 1.49. The van der Waals surface area contributed by atoms with E-state index in [2.05, 4.69) is 5.32 Å². The van der Waals surface area contributed by atoms with Crippen molar-refractivity contribution in [2.75, 3.05) is 13.2 Å². The van der Waals surface area contributed by atoms with Crippen molar-refractivity contribution < 1.29 is 19.7 Å². The second-order valence-electron chi connectivity index (χ2n) is 4.17. The van der Waals surface area contributed by atoms with E-state index in [-0.39, 0.29) is 24.8 Å². The lowest BCUT2D eigenvalue weighted by atomic mass is 10.1. The summed E-state index contributed by atoms with van der Waals surface area (Å²) in [4.78, 5) is 11.4. The van der Waals surface area contributed by atoms with Crippen molar-refractivity contribution in [2.45, 2.75) is 44.4 Å². The van der Waals surface area contributed by atoms with Gasteiger partial charge < -0.3 is 20.3 Å². The Bertz CT molecular complexity index is 206. The summed E-state index contributed by atoms with van der Waals surface area (Å²) in [6.07, 6.45) is 1.87. The van der Waals surface area contributed by atoms with Gasteiger partial charge in [0, 0.05) is 32.1 Å². The summed E-state index contributed by atoms with van der Waals surface area (Å²) in [6, 6.07) is 0.176. The van der Waals surface area contributed by atoms with Crippen LogP contribution < -0.4 is 5.32 Å². The first-order valence-corrected chi connectivity index (χ1v) is 5.29. The largest absolute Gasteiger partial charge is 0.381 e. The fourth-order valence-electron chi connectivity index (χ4n) is 1.49. The zero-order valence-corrected chi connectivity index (χ0v) is 9.03. The molecule has 3 N–H and O–H groups in total. The van der Waals surface area contributed by atoms with Crippen LogP contribution >= 0.6 is 0 Å². The minimum atomic E-state index is -1.76. The van der Waals surface area contributed by atoms with E-state index >= 15 is 0 Å². The van der Waals surface area contributed by atoms with Crippen LogP contribution in [0.2, 0.25) is 0 Å². The quantitative estimate of drug-likeness (QED) is 0.568. The molecule has 15 heavy (non-hydrogen) atoms. The van der Waals surface area contributed by atoms with Crippen molar-refractivity contribution in [1.82, 2.24) is 5.32 Å². The lowest BCUT2D eigenvalue weighted by molar-refractivity contribution is -0.154. The normalized spacial score (nSPS) is 18.9. The Labute approximate surface area is 89.4 Å². The van der Waals surface area contributed by atoms with E-state index in [0.29, 0.717) is 13.2 Å². The first-order chi connectivity index (χ1) is 6.97. The maximum Gasteiger partial charge on any atom is 0.220 e. The molecule has 1 aliphatic heterocycles. The molecule has 0 spiro atoms. The van der Waals surface area contributed by atoms with E-state index < -0.39 is 5.79 Å². The first-order valence-electron chi connectivity index (χ1n) is 5.29. The highest BCUT2D eigenvalue weighted by Gasteiger charge is 2.19. The van der Waals surface area contributed by atoms with Crippen LogP contribution in [0, 0.1) is 0 Å². The maximum atomic E-state index is 11.4. The summed E-state index contributed by atoms with van der Waals surface area (Å²) in [5.74, 6) is -1.89. The van der Waals surface area contributed by atoms with Crippen LogP contribution in [0.3, 0.4) is 0 Å². The van der Waals surface area contributed by atoms with Gasteiger partial charge in [-0.25, -0.2) is 0 Å². The number of hydrogen-bond acceptors (Lipinski definition) is 4. The third-order valence-electron chi connectivity index (χ3n) is 2.41. The molecule has 88 valence electrons. The highest BCUT2D eigenvalue weighted by Crippen LogP contribution is 2.09. The lowest BCUT2D eigenvalue weighted by Gasteiger charge is -2.23. The summed E-state index contributed by atoms with van der Waals surface area (Å²) >= 11 is 0. The molecule has 0 unspecified atom stereocenters. The average Bonchev–Trinajstić information content (AvgIpc) is 2.15. The third kappa shape index (κ3) is 5.71. The van der Waals surface area contributed by atoms with E-state index in [4.69, 9.17) is 14.9 Å². The Morgan fingerprint density at radius 2 is 2.07 bits per heavy atom. The van der Waals surface area contributed by atoms with Gasteiger partial charge in [-0.15, -0.1) is 0 Å². The highest BCUT2D eigenvalue weighted by atomic mass is 16.5. The molecule has 0 bridgehead atoms. The van der Waals surface area contributed by atoms with Gasteiger partial charge >= 0.3 is 0 Å². The molecule has 1 aliphatic rings. The Kier molecular flexibility index (Phi) is 4.50. The van der Waals surface area contributed by atoms with E-state index in [1.807, 2.05) is 0 Å². The second kappa shape index (κ2) is 5.44. The molecule has 0 radical (unpaired) electrons.